The van der Waals surface area contributed by atoms with E-state index in [4.69, 9.17) is 16.6 Å². The summed E-state index contributed by atoms with van der Waals surface area (Å²) in [4.78, 5) is 23.4. The van der Waals surface area contributed by atoms with Crippen molar-refractivity contribution in [1.29, 1.82) is 0 Å². The Morgan fingerprint density at radius 3 is 2.56 bits per heavy atom. The van der Waals surface area contributed by atoms with Crippen molar-refractivity contribution in [2.75, 3.05) is 31.1 Å². The maximum absolute atomic E-state index is 9.76. The maximum atomic E-state index is 9.76. The molecule has 0 radical (unpaired) electrons. The highest BCUT2D eigenvalue weighted by atomic mass is 35.5. The molecule has 2 unspecified atom stereocenters. The molecule has 3 aliphatic rings. The number of aromatic nitrogens is 2. The van der Waals surface area contributed by atoms with Gasteiger partial charge in [-0.3, -0.25) is 4.98 Å². The summed E-state index contributed by atoms with van der Waals surface area (Å²) < 4.78 is 0. The van der Waals surface area contributed by atoms with Crippen molar-refractivity contribution in [3.63, 3.8) is 0 Å². The number of aliphatic hydroxyl groups excluding tert-OH is 1. The number of aryl methyl sites for hydroxylation is 2. The van der Waals surface area contributed by atoms with Crippen LogP contribution in [0, 0.1) is 19.8 Å². The molecule has 0 spiro atoms. The van der Waals surface area contributed by atoms with Crippen molar-refractivity contribution in [1.82, 2.24) is 14.9 Å². The Kier molecular flexibility index (Phi) is 5.86. The van der Waals surface area contributed by atoms with Gasteiger partial charge in [0.2, 0.25) is 5.96 Å². The molecule has 1 N–H and O–H groups in total. The second-order valence-electron chi connectivity index (χ2n) is 9.09. The molecule has 0 saturated carbocycles. The number of guanidine groups is 1. The molecule has 3 aliphatic heterocycles. The summed E-state index contributed by atoms with van der Waals surface area (Å²) in [7, 11) is 0. The minimum absolute atomic E-state index is 0.189. The number of halogens is 1. The van der Waals surface area contributed by atoms with E-state index in [0.717, 1.165) is 79.6 Å². The van der Waals surface area contributed by atoms with Crippen LogP contribution in [-0.4, -0.2) is 70.5 Å². The Balaban J connectivity index is 1.32. The third kappa shape index (κ3) is 4.24. The summed E-state index contributed by atoms with van der Waals surface area (Å²) in [6.45, 7) is 7.47. The molecule has 7 nitrogen and oxygen atoms in total. The fourth-order valence-electron chi connectivity index (χ4n) is 4.84. The number of anilines is 1. The van der Waals surface area contributed by atoms with Gasteiger partial charge in [0, 0.05) is 56.3 Å². The summed E-state index contributed by atoms with van der Waals surface area (Å²) in [5.41, 5.74) is 4.06. The average molecular weight is 453 g/mol. The van der Waals surface area contributed by atoms with Crippen molar-refractivity contribution >= 4 is 29.6 Å². The first kappa shape index (κ1) is 21.3. The smallest absolute Gasteiger partial charge is 0.220 e. The number of aliphatic hydroxyl groups is 1. The van der Waals surface area contributed by atoms with E-state index in [9.17, 15) is 5.11 Å². The van der Waals surface area contributed by atoms with Crippen molar-refractivity contribution in [3.8, 4) is 11.3 Å². The molecule has 2 saturated heterocycles. The zero-order valence-electron chi connectivity index (χ0n) is 18.6. The minimum atomic E-state index is -0.189. The van der Waals surface area contributed by atoms with Gasteiger partial charge < -0.3 is 14.9 Å². The summed E-state index contributed by atoms with van der Waals surface area (Å²) >= 11 is 6.51. The lowest BCUT2D eigenvalue weighted by Crippen LogP contribution is -2.47. The zero-order chi connectivity index (χ0) is 22.2. The molecule has 0 bridgehead atoms. The quantitative estimate of drug-likeness (QED) is 0.754. The third-order valence-corrected chi connectivity index (χ3v) is 6.97. The molecule has 0 amide bonds. The Morgan fingerprint density at radius 2 is 1.78 bits per heavy atom. The van der Waals surface area contributed by atoms with Gasteiger partial charge in [-0.05, 0) is 50.3 Å². The molecule has 2 fully saturated rings. The molecular weight excluding hydrogens is 424 g/mol. The maximum Gasteiger partial charge on any atom is 0.220 e. The average Bonchev–Trinajstić information content (AvgIpc) is 2.80. The van der Waals surface area contributed by atoms with Crippen LogP contribution in [0.25, 0.3) is 11.3 Å². The lowest BCUT2D eigenvalue weighted by atomic mass is 9.92. The van der Waals surface area contributed by atoms with E-state index in [1.165, 1.54) is 0 Å². The third-order valence-electron chi connectivity index (χ3n) is 6.67. The van der Waals surface area contributed by atoms with E-state index in [2.05, 4.69) is 50.0 Å². The molecule has 2 aromatic rings. The monoisotopic (exact) mass is 452 g/mol. The van der Waals surface area contributed by atoms with Crippen LogP contribution < -0.4 is 4.90 Å². The van der Waals surface area contributed by atoms with Crippen molar-refractivity contribution < 1.29 is 5.11 Å². The van der Waals surface area contributed by atoms with Crippen LogP contribution in [0.1, 0.15) is 30.4 Å². The molecule has 5 heterocycles. The Bertz CT molecular complexity index is 1060. The molecule has 5 rings (SSSR count). The molecule has 0 aliphatic carbocycles. The van der Waals surface area contributed by atoms with Crippen molar-refractivity contribution in [3.05, 3.63) is 40.7 Å². The number of pyridine rings is 2. The fraction of sp³-hybridized carbons (Fsp3) is 0.500. The van der Waals surface area contributed by atoms with E-state index >= 15 is 0 Å². The minimum Gasteiger partial charge on any atom is -0.393 e. The molecule has 32 heavy (non-hydrogen) atoms. The number of hydrogen-bond donors (Lipinski definition) is 1. The summed E-state index contributed by atoms with van der Waals surface area (Å²) in [5, 5.41) is 10.4. The molecule has 8 heteroatoms. The van der Waals surface area contributed by atoms with Gasteiger partial charge in [-0.1, -0.05) is 17.7 Å². The van der Waals surface area contributed by atoms with Gasteiger partial charge in [0.1, 0.15) is 5.82 Å². The molecule has 2 atom stereocenters. The fourth-order valence-corrected chi connectivity index (χ4v) is 5.03. The molecule has 2 aromatic heterocycles. The van der Waals surface area contributed by atoms with E-state index in [1.807, 2.05) is 13.1 Å². The lowest BCUT2D eigenvalue weighted by Gasteiger charge is -2.39. The number of fused-ring (bicyclic) bond motifs is 1. The normalized spacial score (nSPS) is 23.8. The first-order chi connectivity index (χ1) is 15.5. The predicted octanol–water partition coefficient (Wildman–Crippen LogP) is 3.51. The van der Waals surface area contributed by atoms with Crippen LogP contribution in [0.5, 0.6) is 0 Å². The molecule has 168 valence electrons. The Morgan fingerprint density at radius 1 is 1.00 bits per heavy atom. The van der Waals surface area contributed by atoms with Gasteiger partial charge in [0.15, 0.2) is 0 Å². The Hall–Kier alpha value is -2.51. The SMILES string of the molecule is Cc1cnc(-c2cc(N3CCC4N=C(N5CCC(O)CC5)N=CC4C3)ncc2Cl)c(C)c1. The Labute approximate surface area is 193 Å². The summed E-state index contributed by atoms with van der Waals surface area (Å²) in [5.74, 6) is 2.01. The van der Waals surface area contributed by atoms with Gasteiger partial charge in [0.25, 0.3) is 0 Å². The van der Waals surface area contributed by atoms with Crippen LogP contribution >= 0.6 is 11.6 Å². The highest BCUT2D eigenvalue weighted by molar-refractivity contribution is 6.33. The van der Waals surface area contributed by atoms with E-state index in [1.54, 1.807) is 6.20 Å². The van der Waals surface area contributed by atoms with E-state index in [-0.39, 0.29) is 18.1 Å². The summed E-state index contributed by atoms with van der Waals surface area (Å²) in [6, 6.07) is 4.43. The highest BCUT2D eigenvalue weighted by Gasteiger charge is 2.33. The van der Waals surface area contributed by atoms with Crippen LogP contribution in [0.4, 0.5) is 5.82 Å². The number of nitrogens with zero attached hydrogens (tertiary/aromatic N) is 6. The van der Waals surface area contributed by atoms with Gasteiger partial charge in [0.05, 0.1) is 22.9 Å². The molecular formula is C24H29ClN6O. The topological polar surface area (TPSA) is 77.2 Å². The number of hydrogen-bond acceptors (Lipinski definition) is 7. The van der Waals surface area contributed by atoms with Gasteiger partial charge >= 0.3 is 0 Å². The zero-order valence-corrected chi connectivity index (χ0v) is 19.3. The molecule has 0 aromatic carbocycles. The van der Waals surface area contributed by atoms with Gasteiger partial charge in [-0.2, -0.15) is 0 Å². The van der Waals surface area contributed by atoms with Crippen LogP contribution in [0.15, 0.2) is 34.5 Å². The number of piperidine rings is 2. The lowest BCUT2D eigenvalue weighted by molar-refractivity contribution is 0.108. The predicted molar refractivity (Wildman–Crippen MR) is 129 cm³/mol. The van der Waals surface area contributed by atoms with Crippen LogP contribution in [0.2, 0.25) is 5.02 Å². The first-order valence-electron chi connectivity index (χ1n) is 11.4. The second-order valence-corrected chi connectivity index (χ2v) is 9.50. The van der Waals surface area contributed by atoms with Crippen LogP contribution in [-0.2, 0) is 0 Å². The summed E-state index contributed by atoms with van der Waals surface area (Å²) in [6.07, 6.45) is 8.01. The largest absolute Gasteiger partial charge is 0.393 e. The number of rotatable bonds is 2. The highest BCUT2D eigenvalue weighted by Crippen LogP contribution is 2.33. The second kappa shape index (κ2) is 8.79. The van der Waals surface area contributed by atoms with Crippen molar-refractivity contribution in [2.45, 2.75) is 45.3 Å². The first-order valence-corrected chi connectivity index (χ1v) is 11.7. The van der Waals surface area contributed by atoms with Crippen molar-refractivity contribution in [2.24, 2.45) is 15.9 Å². The standard InChI is InChI=1S/C24H29ClN6O/c1-15-9-16(2)23(27-11-15)19-10-22(26-13-20(19)25)31-8-5-21-17(14-31)12-28-24(29-21)30-6-3-18(32)4-7-30/h9-13,17-18,21,32H,3-8,14H2,1-2H3. The van der Waals surface area contributed by atoms with Gasteiger partial charge in [-0.25, -0.2) is 15.0 Å². The van der Waals surface area contributed by atoms with E-state index in [0.29, 0.717) is 5.02 Å². The van der Waals surface area contributed by atoms with Crippen LogP contribution in [0.3, 0.4) is 0 Å². The van der Waals surface area contributed by atoms with E-state index < -0.39 is 0 Å². The number of aliphatic imine (C=N–C) groups is 2. The van der Waals surface area contributed by atoms with Gasteiger partial charge in [-0.15, -0.1) is 0 Å². The number of likely N-dealkylation sites (tertiary alicyclic amines) is 1.